The second-order valence-electron chi connectivity index (χ2n) is 7.05. The van der Waals surface area contributed by atoms with E-state index in [0.717, 1.165) is 33.6 Å². The molecule has 3 heterocycles. The number of amidine groups is 2. The first-order valence-corrected chi connectivity index (χ1v) is 9.30. The number of benzene rings is 1. The van der Waals surface area contributed by atoms with Crippen LogP contribution in [0.1, 0.15) is 37.6 Å². The number of rotatable bonds is 2. The lowest BCUT2D eigenvalue weighted by molar-refractivity contribution is 0.573. The molecule has 1 aromatic carbocycles. The average Bonchev–Trinajstić information content (AvgIpc) is 3.22. The number of anilines is 1. The second kappa shape index (κ2) is 6.46. The summed E-state index contributed by atoms with van der Waals surface area (Å²) in [4.78, 5) is 18.4. The zero-order chi connectivity index (χ0) is 18.1. The van der Waals surface area contributed by atoms with E-state index in [4.69, 9.17) is 9.98 Å². The fourth-order valence-corrected chi connectivity index (χ4v) is 3.51. The lowest BCUT2D eigenvalue weighted by Crippen LogP contribution is -2.12. The Bertz CT molecular complexity index is 996. The molecule has 1 aliphatic heterocycles. The second-order valence-corrected chi connectivity index (χ2v) is 7.88. The van der Waals surface area contributed by atoms with Gasteiger partial charge in [-0.1, -0.05) is 51.1 Å². The molecule has 6 heteroatoms. The van der Waals surface area contributed by atoms with E-state index < -0.39 is 0 Å². The van der Waals surface area contributed by atoms with Gasteiger partial charge >= 0.3 is 0 Å². The zero-order valence-corrected chi connectivity index (χ0v) is 15.7. The van der Waals surface area contributed by atoms with E-state index in [0.29, 0.717) is 5.84 Å². The molecule has 0 aliphatic carbocycles. The molecule has 130 valence electrons. The maximum absolute atomic E-state index is 4.70. The summed E-state index contributed by atoms with van der Waals surface area (Å²) in [5, 5.41) is 6.07. The van der Waals surface area contributed by atoms with Crippen molar-refractivity contribution in [2.45, 2.75) is 26.2 Å². The van der Waals surface area contributed by atoms with Crippen LogP contribution in [0, 0.1) is 0 Å². The minimum Gasteiger partial charge on any atom is -0.324 e. The van der Waals surface area contributed by atoms with E-state index in [2.05, 4.69) is 41.4 Å². The van der Waals surface area contributed by atoms with Crippen LogP contribution in [0.15, 0.2) is 64.0 Å². The lowest BCUT2D eigenvalue weighted by Gasteiger charge is -2.13. The van der Waals surface area contributed by atoms with E-state index in [1.54, 1.807) is 17.5 Å². The van der Waals surface area contributed by atoms with Gasteiger partial charge in [-0.3, -0.25) is 0 Å². The molecule has 0 bridgehead atoms. The first-order chi connectivity index (χ1) is 12.5. The Morgan fingerprint density at radius 1 is 1.00 bits per heavy atom. The van der Waals surface area contributed by atoms with Crippen LogP contribution in [0.4, 0.5) is 10.9 Å². The van der Waals surface area contributed by atoms with Crippen molar-refractivity contribution in [2.75, 3.05) is 5.32 Å². The van der Waals surface area contributed by atoms with Gasteiger partial charge in [0.1, 0.15) is 11.7 Å². The van der Waals surface area contributed by atoms with E-state index in [9.17, 15) is 0 Å². The number of thiazole rings is 1. The third kappa shape index (κ3) is 3.28. The van der Waals surface area contributed by atoms with Crippen LogP contribution in [0.5, 0.6) is 0 Å². The van der Waals surface area contributed by atoms with Crippen LogP contribution in [0.3, 0.4) is 0 Å². The Morgan fingerprint density at radius 2 is 1.77 bits per heavy atom. The fourth-order valence-electron chi connectivity index (χ4n) is 2.60. The Kier molecular flexibility index (Phi) is 4.12. The van der Waals surface area contributed by atoms with Gasteiger partial charge in [-0.05, 0) is 12.1 Å². The summed E-state index contributed by atoms with van der Waals surface area (Å²) < 4.78 is 0. The highest BCUT2D eigenvalue weighted by Gasteiger charge is 2.23. The van der Waals surface area contributed by atoms with Gasteiger partial charge in [0.15, 0.2) is 5.84 Å². The van der Waals surface area contributed by atoms with Crippen LogP contribution in [0.25, 0.3) is 0 Å². The molecule has 3 aromatic rings. The van der Waals surface area contributed by atoms with Crippen LogP contribution >= 0.6 is 11.3 Å². The summed E-state index contributed by atoms with van der Waals surface area (Å²) in [5.74, 6) is 2.19. The van der Waals surface area contributed by atoms with Crippen LogP contribution in [-0.2, 0) is 5.41 Å². The van der Waals surface area contributed by atoms with Crippen molar-refractivity contribution in [2.24, 2.45) is 9.98 Å². The third-order valence-electron chi connectivity index (χ3n) is 4.01. The number of aromatic nitrogens is 2. The SMILES string of the molecule is CC(C)(C)c1csc(/N=C2\N=C(Nc3ccccn3)c3ccccc32)n1. The molecule has 0 saturated carbocycles. The van der Waals surface area contributed by atoms with E-state index in [1.807, 2.05) is 42.5 Å². The largest absolute Gasteiger partial charge is 0.324 e. The molecule has 5 nitrogen and oxygen atoms in total. The Morgan fingerprint density at radius 3 is 2.46 bits per heavy atom. The first kappa shape index (κ1) is 16.6. The number of hydrogen-bond acceptors (Lipinski definition) is 5. The van der Waals surface area contributed by atoms with Crippen molar-refractivity contribution >= 4 is 34.0 Å². The molecular formula is C20H19N5S. The molecule has 0 spiro atoms. The highest BCUT2D eigenvalue weighted by molar-refractivity contribution is 7.13. The third-order valence-corrected chi connectivity index (χ3v) is 4.75. The van der Waals surface area contributed by atoms with Crippen LogP contribution in [0.2, 0.25) is 0 Å². The van der Waals surface area contributed by atoms with Crippen molar-refractivity contribution in [3.63, 3.8) is 0 Å². The maximum Gasteiger partial charge on any atom is 0.211 e. The molecule has 1 aliphatic rings. The van der Waals surface area contributed by atoms with Gasteiger partial charge in [-0.25, -0.2) is 15.0 Å². The maximum atomic E-state index is 4.70. The topological polar surface area (TPSA) is 62.5 Å². The van der Waals surface area contributed by atoms with E-state index in [-0.39, 0.29) is 5.41 Å². The molecule has 26 heavy (non-hydrogen) atoms. The highest BCUT2D eigenvalue weighted by atomic mass is 32.1. The lowest BCUT2D eigenvalue weighted by atomic mass is 9.93. The fraction of sp³-hybridized carbons (Fsp3) is 0.200. The van der Waals surface area contributed by atoms with Gasteiger partial charge in [-0.15, -0.1) is 11.3 Å². The molecule has 0 amide bonds. The van der Waals surface area contributed by atoms with Crippen molar-refractivity contribution in [1.29, 1.82) is 0 Å². The van der Waals surface area contributed by atoms with Crippen molar-refractivity contribution in [3.8, 4) is 0 Å². The summed E-state index contributed by atoms with van der Waals surface area (Å²) in [7, 11) is 0. The van der Waals surface area contributed by atoms with Gasteiger partial charge in [0.25, 0.3) is 0 Å². The summed E-state index contributed by atoms with van der Waals surface area (Å²) in [6.07, 6.45) is 1.75. The van der Waals surface area contributed by atoms with E-state index in [1.165, 1.54) is 0 Å². The number of pyridine rings is 1. The number of fused-ring (bicyclic) bond motifs is 1. The Balaban J connectivity index is 1.71. The molecule has 0 atom stereocenters. The van der Waals surface area contributed by atoms with Crippen molar-refractivity contribution < 1.29 is 0 Å². The summed E-state index contributed by atoms with van der Waals surface area (Å²) >= 11 is 1.54. The summed E-state index contributed by atoms with van der Waals surface area (Å²) in [6.45, 7) is 6.45. The summed E-state index contributed by atoms with van der Waals surface area (Å²) in [5.41, 5.74) is 3.07. The number of hydrogen-bond donors (Lipinski definition) is 1. The monoisotopic (exact) mass is 361 g/mol. The van der Waals surface area contributed by atoms with E-state index >= 15 is 0 Å². The van der Waals surface area contributed by atoms with Gasteiger partial charge in [-0.2, -0.15) is 4.99 Å². The highest BCUT2D eigenvalue weighted by Crippen LogP contribution is 2.30. The molecule has 2 aromatic heterocycles. The standard InChI is InChI=1S/C20H19N5S/c1-20(2,3)15-12-26-19(22-15)25-18-14-9-5-4-8-13(14)17(24-18)23-16-10-6-7-11-21-16/h4-12H,1-3H3,(H,21,22,23,24,25). The van der Waals surface area contributed by atoms with Gasteiger partial charge < -0.3 is 5.32 Å². The van der Waals surface area contributed by atoms with Crippen LogP contribution in [-0.4, -0.2) is 21.6 Å². The molecular weight excluding hydrogens is 342 g/mol. The number of nitrogens with one attached hydrogen (secondary N) is 1. The first-order valence-electron chi connectivity index (χ1n) is 8.42. The quantitative estimate of drug-likeness (QED) is 0.714. The van der Waals surface area contributed by atoms with Crippen LogP contribution < -0.4 is 5.32 Å². The Hall–Kier alpha value is -2.86. The molecule has 0 radical (unpaired) electrons. The number of aliphatic imine (C=N–C) groups is 2. The molecule has 1 N–H and O–H groups in total. The molecule has 0 unspecified atom stereocenters. The minimum absolute atomic E-state index is 0.0114. The predicted molar refractivity (Wildman–Crippen MR) is 108 cm³/mol. The number of nitrogens with zero attached hydrogens (tertiary/aromatic N) is 4. The van der Waals surface area contributed by atoms with Gasteiger partial charge in [0, 0.05) is 28.1 Å². The molecule has 0 saturated heterocycles. The zero-order valence-electron chi connectivity index (χ0n) is 14.9. The normalized spacial score (nSPS) is 15.0. The summed E-state index contributed by atoms with van der Waals surface area (Å²) in [6, 6.07) is 13.8. The average molecular weight is 361 g/mol. The van der Waals surface area contributed by atoms with Crippen molar-refractivity contribution in [3.05, 3.63) is 70.9 Å². The molecule has 0 fully saturated rings. The minimum atomic E-state index is 0.0114. The predicted octanol–water partition coefficient (Wildman–Crippen LogP) is 4.79. The smallest absolute Gasteiger partial charge is 0.211 e. The van der Waals surface area contributed by atoms with Gasteiger partial charge in [0.05, 0.1) is 5.69 Å². The Labute approximate surface area is 156 Å². The molecule has 4 rings (SSSR count). The van der Waals surface area contributed by atoms with Crippen molar-refractivity contribution in [1.82, 2.24) is 9.97 Å². The van der Waals surface area contributed by atoms with Gasteiger partial charge in [0.2, 0.25) is 5.13 Å².